The van der Waals surface area contributed by atoms with Gasteiger partial charge in [-0.25, -0.2) is 0 Å². The molecule has 1 aliphatic heterocycles. The zero-order valence-electron chi connectivity index (χ0n) is 12.2. The summed E-state index contributed by atoms with van der Waals surface area (Å²) in [6.07, 6.45) is 2.10. The summed E-state index contributed by atoms with van der Waals surface area (Å²) in [6.45, 7) is 3.22. The van der Waals surface area contributed by atoms with E-state index < -0.39 is 0 Å². The van der Waals surface area contributed by atoms with Crippen LogP contribution in [0.4, 0.5) is 5.69 Å². The third-order valence-electron chi connectivity index (χ3n) is 3.80. The van der Waals surface area contributed by atoms with Crippen LogP contribution in [-0.2, 0) is 6.54 Å². The van der Waals surface area contributed by atoms with E-state index in [1.165, 1.54) is 11.3 Å². The molecule has 1 aliphatic rings. The Morgan fingerprint density at radius 2 is 1.48 bits per heavy atom. The zero-order valence-corrected chi connectivity index (χ0v) is 12.2. The molecule has 108 valence electrons. The van der Waals surface area contributed by atoms with Gasteiger partial charge in [0.1, 0.15) is 0 Å². The molecule has 0 bridgehead atoms. The van der Waals surface area contributed by atoms with Crippen LogP contribution in [0, 0.1) is 0 Å². The number of rotatable bonds is 4. The number of nitrogens with zero attached hydrogens (tertiary/aromatic N) is 2. The van der Waals surface area contributed by atoms with Gasteiger partial charge in [-0.2, -0.15) is 5.10 Å². The summed E-state index contributed by atoms with van der Waals surface area (Å²) in [7, 11) is 0. The largest absolute Gasteiger partial charge is 0.298 e. The molecule has 0 atom stereocenters. The Kier molecular flexibility index (Phi) is 4.64. The molecule has 0 aromatic heterocycles. The van der Waals surface area contributed by atoms with Gasteiger partial charge in [-0.1, -0.05) is 48.5 Å². The maximum atomic E-state index is 4.53. The summed E-state index contributed by atoms with van der Waals surface area (Å²) in [6, 6.07) is 20.8. The summed E-state index contributed by atoms with van der Waals surface area (Å²) in [4.78, 5) is 2.50. The van der Waals surface area contributed by atoms with Gasteiger partial charge in [-0.15, -0.1) is 0 Å². The van der Waals surface area contributed by atoms with E-state index in [-0.39, 0.29) is 0 Å². The molecule has 0 aliphatic carbocycles. The van der Waals surface area contributed by atoms with Crippen molar-refractivity contribution in [2.24, 2.45) is 5.10 Å². The maximum Gasteiger partial charge on any atom is 0.0561 e. The van der Waals surface area contributed by atoms with Crippen LogP contribution in [0.5, 0.6) is 0 Å². The van der Waals surface area contributed by atoms with E-state index in [1.54, 1.807) is 0 Å². The lowest BCUT2D eigenvalue weighted by Crippen LogP contribution is -2.33. The molecule has 0 radical (unpaired) electrons. The Balaban J connectivity index is 1.49. The van der Waals surface area contributed by atoms with Crippen LogP contribution in [0.2, 0.25) is 0 Å². The van der Waals surface area contributed by atoms with E-state index in [9.17, 15) is 0 Å². The minimum atomic E-state index is 1.04. The van der Waals surface area contributed by atoms with E-state index in [2.05, 4.69) is 45.8 Å². The first kappa shape index (κ1) is 13.8. The number of piperidine rings is 1. The van der Waals surface area contributed by atoms with Crippen LogP contribution in [0.25, 0.3) is 0 Å². The van der Waals surface area contributed by atoms with Crippen LogP contribution in [0.15, 0.2) is 65.8 Å². The third-order valence-corrected chi connectivity index (χ3v) is 3.80. The van der Waals surface area contributed by atoms with Crippen molar-refractivity contribution >= 4 is 11.4 Å². The van der Waals surface area contributed by atoms with E-state index in [1.807, 2.05) is 30.3 Å². The van der Waals surface area contributed by atoms with Gasteiger partial charge >= 0.3 is 0 Å². The average molecular weight is 279 g/mol. The lowest BCUT2D eigenvalue weighted by Gasteiger charge is -2.27. The molecular formula is C18H21N3. The van der Waals surface area contributed by atoms with Gasteiger partial charge in [0.2, 0.25) is 0 Å². The Bertz CT molecular complexity index is 568. The second kappa shape index (κ2) is 7.04. The number of likely N-dealkylation sites (tertiary alicyclic amines) is 1. The predicted octanol–water partition coefficient (Wildman–Crippen LogP) is 3.75. The molecule has 3 rings (SSSR count). The number of hydrazone groups is 1. The highest BCUT2D eigenvalue weighted by atomic mass is 15.3. The number of benzene rings is 2. The number of nitrogens with one attached hydrogen (secondary N) is 1. The van der Waals surface area contributed by atoms with Gasteiger partial charge in [0, 0.05) is 38.2 Å². The van der Waals surface area contributed by atoms with Crippen LogP contribution >= 0.6 is 0 Å². The fourth-order valence-corrected chi connectivity index (χ4v) is 2.58. The number of hydrogen-bond donors (Lipinski definition) is 1. The molecule has 0 unspecified atom stereocenters. The maximum absolute atomic E-state index is 4.53. The third kappa shape index (κ3) is 4.17. The van der Waals surface area contributed by atoms with Crippen molar-refractivity contribution in [2.45, 2.75) is 19.4 Å². The van der Waals surface area contributed by atoms with Crippen molar-refractivity contribution in [1.29, 1.82) is 0 Å². The molecule has 1 saturated heterocycles. The number of anilines is 1. The highest BCUT2D eigenvalue weighted by Gasteiger charge is 2.15. The highest BCUT2D eigenvalue weighted by Crippen LogP contribution is 2.13. The van der Waals surface area contributed by atoms with Crippen molar-refractivity contribution in [3.8, 4) is 0 Å². The average Bonchev–Trinajstić information content (AvgIpc) is 2.56. The van der Waals surface area contributed by atoms with Crippen LogP contribution in [0.1, 0.15) is 18.4 Å². The van der Waals surface area contributed by atoms with Crippen molar-refractivity contribution in [3.05, 3.63) is 66.2 Å². The Morgan fingerprint density at radius 1 is 0.857 bits per heavy atom. The Labute approximate surface area is 126 Å². The van der Waals surface area contributed by atoms with Crippen LogP contribution in [0.3, 0.4) is 0 Å². The molecule has 3 nitrogen and oxygen atoms in total. The molecule has 0 saturated carbocycles. The minimum absolute atomic E-state index is 1.04. The molecule has 1 N–H and O–H groups in total. The monoisotopic (exact) mass is 279 g/mol. The van der Waals surface area contributed by atoms with Gasteiger partial charge in [0.15, 0.2) is 0 Å². The van der Waals surface area contributed by atoms with E-state index in [0.29, 0.717) is 0 Å². The summed E-state index contributed by atoms with van der Waals surface area (Å²) in [5, 5.41) is 4.53. The van der Waals surface area contributed by atoms with E-state index in [0.717, 1.165) is 38.2 Å². The standard InChI is InChI=1S/C18H21N3/c1-3-7-16(8-4-1)15-21-13-11-18(12-14-21)20-19-17-9-5-2-6-10-17/h1-10,19H,11-15H2. The lowest BCUT2D eigenvalue weighted by atomic mass is 10.1. The molecule has 21 heavy (non-hydrogen) atoms. The second-order valence-electron chi connectivity index (χ2n) is 5.42. The topological polar surface area (TPSA) is 27.6 Å². The second-order valence-corrected chi connectivity index (χ2v) is 5.42. The number of hydrogen-bond acceptors (Lipinski definition) is 3. The molecule has 2 aromatic carbocycles. The first-order chi connectivity index (χ1) is 10.4. The molecule has 1 fully saturated rings. The normalized spacial score (nSPS) is 15.7. The predicted molar refractivity (Wildman–Crippen MR) is 88.5 cm³/mol. The van der Waals surface area contributed by atoms with Crippen LogP contribution in [-0.4, -0.2) is 23.7 Å². The first-order valence-electron chi connectivity index (χ1n) is 7.53. The van der Waals surface area contributed by atoms with Crippen molar-refractivity contribution < 1.29 is 0 Å². The van der Waals surface area contributed by atoms with Gasteiger partial charge in [0.05, 0.1) is 5.69 Å². The zero-order chi connectivity index (χ0) is 14.3. The first-order valence-corrected chi connectivity index (χ1v) is 7.53. The molecular weight excluding hydrogens is 258 g/mol. The lowest BCUT2D eigenvalue weighted by molar-refractivity contribution is 0.266. The SMILES string of the molecule is c1ccc(CN2CCC(=NNc3ccccc3)CC2)cc1. The van der Waals surface area contributed by atoms with Gasteiger partial charge < -0.3 is 0 Å². The Hall–Kier alpha value is -2.13. The summed E-state index contributed by atoms with van der Waals surface area (Å²) < 4.78 is 0. The smallest absolute Gasteiger partial charge is 0.0561 e. The molecule has 3 heteroatoms. The summed E-state index contributed by atoms with van der Waals surface area (Å²) in [5.74, 6) is 0. The van der Waals surface area contributed by atoms with Gasteiger partial charge in [0.25, 0.3) is 0 Å². The fraction of sp³-hybridized carbons (Fsp3) is 0.278. The van der Waals surface area contributed by atoms with E-state index >= 15 is 0 Å². The van der Waals surface area contributed by atoms with Gasteiger partial charge in [-0.05, 0) is 17.7 Å². The Morgan fingerprint density at radius 3 is 2.14 bits per heavy atom. The van der Waals surface area contributed by atoms with E-state index in [4.69, 9.17) is 0 Å². The van der Waals surface area contributed by atoms with Crippen molar-refractivity contribution in [2.75, 3.05) is 18.5 Å². The molecule has 0 amide bonds. The van der Waals surface area contributed by atoms with Gasteiger partial charge in [-0.3, -0.25) is 10.3 Å². The number of para-hydroxylation sites is 1. The summed E-state index contributed by atoms with van der Waals surface area (Å²) in [5.41, 5.74) is 6.86. The highest BCUT2D eigenvalue weighted by molar-refractivity contribution is 5.86. The summed E-state index contributed by atoms with van der Waals surface area (Å²) >= 11 is 0. The molecule has 1 heterocycles. The fourth-order valence-electron chi connectivity index (χ4n) is 2.58. The van der Waals surface area contributed by atoms with Crippen molar-refractivity contribution in [1.82, 2.24) is 4.90 Å². The van der Waals surface area contributed by atoms with Crippen LogP contribution < -0.4 is 5.43 Å². The molecule has 0 spiro atoms. The van der Waals surface area contributed by atoms with Crippen molar-refractivity contribution in [3.63, 3.8) is 0 Å². The quantitative estimate of drug-likeness (QED) is 0.863. The molecule has 2 aromatic rings. The minimum Gasteiger partial charge on any atom is -0.298 e.